The molecule has 0 radical (unpaired) electrons. The van der Waals surface area contributed by atoms with Crippen LogP contribution in [0.2, 0.25) is 10.0 Å². The molecule has 6 heteroatoms. The number of benzene rings is 1. The van der Waals surface area contributed by atoms with Crippen molar-refractivity contribution >= 4 is 40.5 Å². The molecule has 0 aliphatic rings. The van der Waals surface area contributed by atoms with Crippen LogP contribution < -0.4 is 0 Å². The summed E-state index contributed by atoms with van der Waals surface area (Å²) in [7, 11) is 0. The molecule has 0 saturated carbocycles. The molecule has 0 amide bonds. The Morgan fingerprint density at radius 3 is 2.75 bits per heavy atom. The topological polar surface area (TPSA) is 50.2 Å². The van der Waals surface area contributed by atoms with Gasteiger partial charge < -0.3 is 5.11 Å². The van der Waals surface area contributed by atoms with Gasteiger partial charge in [-0.05, 0) is 6.07 Å². The number of rotatable bonds is 2. The van der Waals surface area contributed by atoms with Crippen molar-refractivity contribution in [1.29, 1.82) is 0 Å². The van der Waals surface area contributed by atoms with Gasteiger partial charge in [-0.15, -0.1) is 11.3 Å². The van der Waals surface area contributed by atoms with Crippen LogP contribution in [0.25, 0.3) is 10.6 Å². The second-order valence-corrected chi connectivity index (χ2v) is 4.75. The number of halogens is 2. The fraction of sp³-hybridized carbons (Fsp3) is 0. The van der Waals surface area contributed by atoms with Crippen molar-refractivity contribution in [3.63, 3.8) is 0 Å². The van der Waals surface area contributed by atoms with E-state index < -0.39 is 5.97 Å². The number of carboxylic acids is 1. The maximum atomic E-state index is 10.7. The number of nitrogens with zero attached hydrogens (tertiary/aromatic N) is 1. The molecule has 1 aromatic heterocycles. The van der Waals surface area contributed by atoms with Gasteiger partial charge in [-0.3, -0.25) is 0 Å². The van der Waals surface area contributed by atoms with Gasteiger partial charge in [0, 0.05) is 5.56 Å². The second kappa shape index (κ2) is 4.41. The molecule has 1 N–H and O–H groups in total. The first-order chi connectivity index (χ1) is 7.59. The molecule has 2 aromatic rings. The fourth-order valence-electron chi connectivity index (χ4n) is 1.17. The molecule has 82 valence electrons. The Bertz CT molecular complexity index is 554. The van der Waals surface area contributed by atoms with E-state index in [4.69, 9.17) is 28.3 Å². The highest BCUT2D eigenvalue weighted by molar-refractivity contribution is 7.16. The lowest BCUT2D eigenvalue weighted by Crippen LogP contribution is -1.89. The lowest BCUT2D eigenvalue weighted by Gasteiger charge is -2.01. The Labute approximate surface area is 105 Å². The molecular formula is C10H5Cl2NO2S. The summed E-state index contributed by atoms with van der Waals surface area (Å²) in [6.45, 7) is 0. The van der Waals surface area contributed by atoms with Crippen molar-refractivity contribution in [2.45, 2.75) is 0 Å². The van der Waals surface area contributed by atoms with E-state index in [9.17, 15) is 4.79 Å². The smallest absolute Gasteiger partial charge is 0.347 e. The maximum absolute atomic E-state index is 10.7. The van der Waals surface area contributed by atoms with Crippen LogP contribution in [0.5, 0.6) is 0 Å². The summed E-state index contributed by atoms with van der Waals surface area (Å²) in [6, 6.07) is 5.16. The zero-order valence-electron chi connectivity index (χ0n) is 7.78. The van der Waals surface area contributed by atoms with E-state index >= 15 is 0 Å². The van der Waals surface area contributed by atoms with E-state index in [2.05, 4.69) is 4.98 Å². The number of thiazole rings is 1. The minimum absolute atomic E-state index is 0.172. The summed E-state index contributed by atoms with van der Waals surface area (Å²) in [5.74, 6) is -0.998. The van der Waals surface area contributed by atoms with Crippen LogP contribution in [0, 0.1) is 0 Å². The second-order valence-electron chi connectivity index (χ2n) is 2.94. The average molecular weight is 274 g/mol. The Kier molecular flexibility index (Phi) is 3.14. The van der Waals surface area contributed by atoms with Gasteiger partial charge in [-0.1, -0.05) is 35.3 Å². The van der Waals surface area contributed by atoms with Crippen LogP contribution in [0.15, 0.2) is 24.4 Å². The number of hydrogen-bond donors (Lipinski definition) is 1. The minimum atomic E-state index is -0.998. The molecule has 0 aliphatic carbocycles. The highest BCUT2D eigenvalue weighted by atomic mass is 35.5. The van der Waals surface area contributed by atoms with E-state index in [1.165, 1.54) is 6.20 Å². The molecule has 3 nitrogen and oxygen atoms in total. The third kappa shape index (κ3) is 2.04. The summed E-state index contributed by atoms with van der Waals surface area (Å²) in [5, 5.41) is 10.1. The van der Waals surface area contributed by atoms with Crippen LogP contribution in [0.4, 0.5) is 0 Å². The molecule has 0 saturated heterocycles. The predicted octanol–water partition coefficient (Wildman–Crippen LogP) is 3.82. The van der Waals surface area contributed by atoms with Crippen molar-refractivity contribution in [3.8, 4) is 10.6 Å². The molecule has 0 aliphatic heterocycles. The summed E-state index contributed by atoms with van der Waals surface area (Å²) < 4.78 is 0. The molecule has 1 aromatic carbocycles. The summed E-state index contributed by atoms with van der Waals surface area (Å²) in [5.41, 5.74) is 0.645. The molecular weight excluding hydrogens is 269 g/mol. The van der Waals surface area contributed by atoms with E-state index in [1.54, 1.807) is 18.2 Å². The maximum Gasteiger partial charge on any atom is 0.347 e. The zero-order valence-corrected chi connectivity index (χ0v) is 10.1. The van der Waals surface area contributed by atoms with E-state index in [0.29, 0.717) is 20.6 Å². The standard InChI is InChI=1S/C10H5Cl2NO2S/c11-6-3-1-2-5(8(6)12)9-13-4-7(16-9)10(14)15/h1-4H,(H,14,15). The first-order valence-electron chi connectivity index (χ1n) is 4.23. The van der Waals surface area contributed by atoms with Gasteiger partial charge in [0.2, 0.25) is 0 Å². The van der Waals surface area contributed by atoms with Gasteiger partial charge >= 0.3 is 5.97 Å². The number of carbonyl (C=O) groups is 1. The molecule has 0 atom stereocenters. The zero-order chi connectivity index (χ0) is 11.7. The van der Waals surface area contributed by atoms with Gasteiger partial charge in [0.25, 0.3) is 0 Å². The average Bonchev–Trinajstić information content (AvgIpc) is 2.71. The predicted molar refractivity (Wildman–Crippen MR) is 64.5 cm³/mol. The van der Waals surface area contributed by atoms with Gasteiger partial charge in [0.05, 0.1) is 16.2 Å². The van der Waals surface area contributed by atoms with Gasteiger partial charge in [-0.25, -0.2) is 9.78 Å². The third-order valence-corrected chi connectivity index (χ3v) is 3.74. The molecule has 0 spiro atoms. The SMILES string of the molecule is O=C(O)c1cnc(-c2cccc(Cl)c2Cl)s1. The summed E-state index contributed by atoms with van der Waals surface area (Å²) in [6.07, 6.45) is 1.31. The van der Waals surface area contributed by atoms with Gasteiger partial charge in [-0.2, -0.15) is 0 Å². The molecule has 0 bridgehead atoms. The number of aromatic nitrogens is 1. The van der Waals surface area contributed by atoms with Crippen molar-refractivity contribution in [2.24, 2.45) is 0 Å². The molecule has 16 heavy (non-hydrogen) atoms. The monoisotopic (exact) mass is 273 g/mol. The Hall–Kier alpha value is -1.10. The van der Waals surface area contributed by atoms with E-state index in [-0.39, 0.29) is 4.88 Å². The van der Waals surface area contributed by atoms with Gasteiger partial charge in [0.1, 0.15) is 9.88 Å². The van der Waals surface area contributed by atoms with Crippen molar-refractivity contribution in [2.75, 3.05) is 0 Å². The first kappa shape index (κ1) is 11.4. The normalized spacial score (nSPS) is 10.4. The van der Waals surface area contributed by atoms with Crippen LogP contribution >= 0.6 is 34.5 Å². The fourth-order valence-corrected chi connectivity index (χ4v) is 2.40. The largest absolute Gasteiger partial charge is 0.477 e. The van der Waals surface area contributed by atoms with Crippen molar-refractivity contribution in [1.82, 2.24) is 4.98 Å². The quantitative estimate of drug-likeness (QED) is 0.905. The summed E-state index contributed by atoms with van der Waals surface area (Å²) in [4.78, 5) is 14.9. The Balaban J connectivity index is 2.50. The van der Waals surface area contributed by atoms with E-state index in [0.717, 1.165) is 11.3 Å². The highest BCUT2D eigenvalue weighted by Gasteiger charge is 2.13. The highest BCUT2D eigenvalue weighted by Crippen LogP contribution is 2.35. The van der Waals surface area contributed by atoms with Crippen LogP contribution in [-0.2, 0) is 0 Å². The van der Waals surface area contributed by atoms with Crippen molar-refractivity contribution in [3.05, 3.63) is 39.3 Å². The van der Waals surface area contributed by atoms with Crippen LogP contribution in [0.1, 0.15) is 9.67 Å². The lowest BCUT2D eigenvalue weighted by atomic mass is 10.2. The summed E-state index contributed by atoms with van der Waals surface area (Å²) >= 11 is 12.9. The molecule has 1 heterocycles. The molecule has 0 unspecified atom stereocenters. The molecule has 2 rings (SSSR count). The number of aromatic carboxylic acids is 1. The van der Waals surface area contributed by atoms with Crippen LogP contribution in [-0.4, -0.2) is 16.1 Å². The Morgan fingerprint density at radius 1 is 1.38 bits per heavy atom. The molecule has 0 fully saturated rings. The Morgan fingerprint density at radius 2 is 2.12 bits per heavy atom. The lowest BCUT2D eigenvalue weighted by molar-refractivity contribution is 0.0702. The van der Waals surface area contributed by atoms with Gasteiger partial charge in [0.15, 0.2) is 0 Å². The number of carboxylic acid groups (broad SMARTS) is 1. The van der Waals surface area contributed by atoms with E-state index in [1.807, 2.05) is 0 Å². The van der Waals surface area contributed by atoms with Crippen molar-refractivity contribution < 1.29 is 9.90 Å². The van der Waals surface area contributed by atoms with Crippen LogP contribution in [0.3, 0.4) is 0 Å². The number of hydrogen-bond acceptors (Lipinski definition) is 3. The third-order valence-electron chi connectivity index (χ3n) is 1.90. The minimum Gasteiger partial charge on any atom is -0.477 e. The first-order valence-corrected chi connectivity index (χ1v) is 5.80.